The number of halogens is 1. The second kappa shape index (κ2) is 4.35. The van der Waals surface area contributed by atoms with Gasteiger partial charge in [0.25, 0.3) is 0 Å². The van der Waals surface area contributed by atoms with Crippen molar-refractivity contribution in [3.05, 3.63) is 65.7 Å². The third-order valence-electron chi connectivity index (χ3n) is 3.05. The third-order valence-corrected chi connectivity index (χ3v) is 3.38. The molecule has 2 N–H and O–H groups in total. The quantitative estimate of drug-likeness (QED) is 0.623. The van der Waals surface area contributed by atoms with Crippen LogP contribution in [0.1, 0.15) is 0 Å². The predicted molar refractivity (Wildman–Crippen MR) is 78.8 cm³/mol. The van der Waals surface area contributed by atoms with Crippen LogP contribution in [0.3, 0.4) is 0 Å². The first-order valence-electron chi connectivity index (χ1n) is 5.78. The number of fused-ring (bicyclic) bond motifs is 1. The summed E-state index contributed by atoms with van der Waals surface area (Å²) in [5.41, 5.74) is 8.74. The van der Waals surface area contributed by atoms with E-state index in [1.165, 1.54) is 5.39 Å². The summed E-state index contributed by atoms with van der Waals surface area (Å²) < 4.78 is 0. The Bertz CT molecular complexity index is 719. The molecule has 18 heavy (non-hydrogen) atoms. The number of nitrogens with two attached hydrogens (primary N) is 1. The van der Waals surface area contributed by atoms with Crippen LogP contribution < -0.4 is 5.73 Å². The van der Waals surface area contributed by atoms with Crippen LogP contribution in [0.25, 0.3) is 21.9 Å². The van der Waals surface area contributed by atoms with Gasteiger partial charge in [0.1, 0.15) is 0 Å². The second-order valence-corrected chi connectivity index (χ2v) is 4.71. The first-order valence-corrected chi connectivity index (χ1v) is 6.16. The Labute approximate surface area is 111 Å². The number of rotatable bonds is 1. The molecule has 0 aromatic heterocycles. The Morgan fingerprint density at radius 1 is 0.778 bits per heavy atom. The van der Waals surface area contributed by atoms with Crippen molar-refractivity contribution in [2.24, 2.45) is 0 Å². The minimum Gasteiger partial charge on any atom is -0.399 e. The molecule has 0 heterocycles. The van der Waals surface area contributed by atoms with Gasteiger partial charge in [0, 0.05) is 16.3 Å². The van der Waals surface area contributed by atoms with Crippen molar-refractivity contribution in [1.82, 2.24) is 0 Å². The molecule has 0 aliphatic carbocycles. The normalized spacial score (nSPS) is 10.7. The molecule has 0 aliphatic heterocycles. The largest absolute Gasteiger partial charge is 0.399 e. The van der Waals surface area contributed by atoms with Gasteiger partial charge in [-0.15, -0.1) is 0 Å². The Balaban J connectivity index is 2.20. The Morgan fingerprint density at radius 3 is 2.33 bits per heavy atom. The third kappa shape index (κ3) is 1.93. The summed E-state index contributed by atoms with van der Waals surface area (Å²) in [5, 5.41) is 3.08. The molecule has 0 amide bonds. The van der Waals surface area contributed by atoms with Crippen molar-refractivity contribution in [1.29, 1.82) is 0 Å². The molecule has 0 bridgehead atoms. The van der Waals surface area contributed by atoms with E-state index in [1.54, 1.807) is 0 Å². The molecule has 3 rings (SSSR count). The second-order valence-electron chi connectivity index (χ2n) is 4.30. The average molecular weight is 254 g/mol. The first-order chi connectivity index (χ1) is 8.74. The minimum absolute atomic E-state index is 0.771. The van der Waals surface area contributed by atoms with Gasteiger partial charge in [-0.1, -0.05) is 48.0 Å². The molecule has 0 atom stereocenters. The van der Waals surface area contributed by atoms with E-state index in [4.69, 9.17) is 17.3 Å². The summed E-state index contributed by atoms with van der Waals surface area (Å²) in [6.07, 6.45) is 0. The first kappa shape index (κ1) is 11.1. The van der Waals surface area contributed by atoms with E-state index in [0.717, 1.165) is 27.2 Å². The molecule has 0 fully saturated rings. The number of nitrogen functional groups attached to an aromatic ring is 1. The molecule has 88 valence electrons. The van der Waals surface area contributed by atoms with E-state index in [0.29, 0.717) is 0 Å². The van der Waals surface area contributed by atoms with E-state index in [9.17, 15) is 0 Å². The molecule has 0 unspecified atom stereocenters. The number of hydrogen-bond acceptors (Lipinski definition) is 1. The molecular formula is C16H12ClN. The lowest BCUT2D eigenvalue weighted by atomic mass is 10.0. The highest BCUT2D eigenvalue weighted by molar-refractivity contribution is 6.33. The van der Waals surface area contributed by atoms with Crippen molar-refractivity contribution < 1.29 is 0 Å². The number of benzene rings is 3. The molecule has 1 nitrogen and oxygen atoms in total. The highest BCUT2D eigenvalue weighted by Crippen LogP contribution is 2.30. The molecule has 3 aromatic carbocycles. The van der Waals surface area contributed by atoms with Gasteiger partial charge in [0.2, 0.25) is 0 Å². The zero-order chi connectivity index (χ0) is 12.5. The molecule has 3 aromatic rings. The topological polar surface area (TPSA) is 26.0 Å². The Kier molecular flexibility index (Phi) is 2.69. The fourth-order valence-electron chi connectivity index (χ4n) is 2.13. The highest BCUT2D eigenvalue weighted by atomic mass is 35.5. The summed E-state index contributed by atoms with van der Waals surface area (Å²) in [7, 11) is 0. The summed E-state index contributed by atoms with van der Waals surface area (Å²) >= 11 is 6.22. The van der Waals surface area contributed by atoms with Gasteiger partial charge in [-0.05, 0) is 40.6 Å². The van der Waals surface area contributed by atoms with Gasteiger partial charge in [0.05, 0.1) is 0 Å². The van der Waals surface area contributed by atoms with E-state index in [1.807, 2.05) is 42.5 Å². The lowest BCUT2D eigenvalue weighted by molar-refractivity contribution is 1.64. The van der Waals surface area contributed by atoms with Gasteiger partial charge in [-0.2, -0.15) is 0 Å². The van der Waals surface area contributed by atoms with E-state index in [2.05, 4.69) is 18.2 Å². The van der Waals surface area contributed by atoms with Crippen LogP contribution in [0.2, 0.25) is 5.02 Å². The van der Waals surface area contributed by atoms with Gasteiger partial charge in [0.15, 0.2) is 0 Å². The molecule has 2 heteroatoms. The predicted octanol–water partition coefficient (Wildman–Crippen LogP) is 4.74. The maximum Gasteiger partial charge on any atom is 0.0484 e. The SMILES string of the molecule is Nc1ccc2cc(-c3ccccc3Cl)ccc2c1. The van der Waals surface area contributed by atoms with E-state index < -0.39 is 0 Å². The Hall–Kier alpha value is -1.99. The average Bonchev–Trinajstić information content (AvgIpc) is 2.39. The minimum atomic E-state index is 0.771. The molecule has 0 aliphatic rings. The fourth-order valence-corrected chi connectivity index (χ4v) is 2.37. The fraction of sp³-hybridized carbons (Fsp3) is 0. The van der Waals surface area contributed by atoms with Crippen LogP contribution in [-0.2, 0) is 0 Å². The zero-order valence-electron chi connectivity index (χ0n) is 9.73. The molecular weight excluding hydrogens is 242 g/mol. The lowest BCUT2D eigenvalue weighted by Crippen LogP contribution is -1.84. The van der Waals surface area contributed by atoms with Crippen molar-refractivity contribution in [2.45, 2.75) is 0 Å². The van der Waals surface area contributed by atoms with E-state index in [-0.39, 0.29) is 0 Å². The van der Waals surface area contributed by atoms with Crippen LogP contribution in [0.4, 0.5) is 5.69 Å². The molecule has 0 saturated carbocycles. The number of hydrogen-bond donors (Lipinski definition) is 1. The van der Waals surface area contributed by atoms with Crippen molar-refractivity contribution in [3.8, 4) is 11.1 Å². The van der Waals surface area contributed by atoms with Crippen LogP contribution in [-0.4, -0.2) is 0 Å². The Morgan fingerprint density at radius 2 is 1.50 bits per heavy atom. The maximum atomic E-state index is 6.22. The van der Waals surface area contributed by atoms with Gasteiger partial charge in [-0.3, -0.25) is 0 Å². The van der Waals surface area contributed by atoms with Gasteiger partial charge >= 0.3 is 0 Å². The molecule has 0 radical (unpaired) electrons. The monoisotopic (exact) mass is 253 g/mol. The zero-order valence-corrected chi connectivity index (χ0v) is 10.5. The van der Waals surface area contributed by atoms with Crippen LogP contribution in [0.15, 0.2) is 60.7 Å². The lowest BCUT2D eigenvalue weighted by Gasteiger charge is -2.06. The molecule has 0 saturated heterocycles. The standard InChI is InChI=1S/C16H12ClN/c17-16-4-2-1-3-15(16)13-6-5-12-10-14(18)8-7-11(12)9-13/h1-10H,18H2. The number of anilines is 1. The maximum absolute atomic E-state index is 6.22. The smallest absolute Gasteiger partial charge is 0.0484 e. The van der Waals surface area contributed by atoms with Crippen molar-refractivity contribution in [2.75, 3.05) is 5.73 Å². The summed E-state index contributed by atoms with van der Waals surface area (Å²) in [5.74, 6) is 0. The van der Waals surface area contributed by atoms with E-state index >= 15 is 0 Å². The highest BCUT2D eigenvalue weighted by Gasteiger charge is 2.03. The summed E-state index contributed by atoms with van der Waals surface area (Å²) in [6.45, 7) is 0. The van der Waals surface area contributed by atoms with Crippen LogP contribution in [0, 0.1) is 0 Å². The van der Waals surface area contributed by atoms with Gasteiger partial charge < -0.3 is 5.73 Å². The van der Waals surface area contributed by atoms with Crippen molar-refractivity contribution in [3.63, 3.8) is 0 Å². The van der Waals surface area contributed by atoms with Crippen LogP contribution >= 0.6 is 11.6 Å². The molecule has 0 spiro atoms. The van der Waals surface area contributed by atoms with Crippen molar-refractivity contribution >= 4 is 28.1 Å². The van der Waals surface area contributed by atoms with Crippen LogP contribution in [0.5, 0.6) is 0 Å². The summed E-state index contributed by atoms with van der Waals surface area (Å²) in [6, 6.07) is 20.1. The summed E-state index contributed by atoms with van der Waals surface area (Å²) in [4.78, 5) is 0. The van der Waals surface area contributed by atoms with Gasteiger partial charge in [-0.25, -0.2) is 0 Å².